The molecule has 1 aliphatic rings. The fourth-order valence-corrected chi connectivity index (χ4v) is 2.66. The van der Waals surface area contributed by atoms with Crippen LogP contribution < -0.4 is 11.1 Å². The maximum absolute atomic E-state index is 12.0. The molecule has 0 heterocycles. The van der Waals surface area contributed by atoms with E-state index in [0.29, 0.717) is 13.1 Å². The molecule has 0 aromatic heterocycles. The van der Waals surface area contributed by atoms with Crippen molar-refractivity contribution in [1.82, 2.24) is 10.2 Å². The molecule has 0 saturated heterocycles. The molecule has 0 spiro atoms. The molecule has 0 bridgehead atoms. The SMILES string of the molecule is CCC(C)(C)NC(=O)CN(C)C1(CN)CCCC1. The summed E-state index contributed by atoms with van der Waals surface area (Å²) < 4.78 is 0. The summed E-state index contributed by atoms with van der Waals surface area (Å²) in [5, 5.41) is 3.08. The lowest BCUT2D eigenvalue weighted by Gasteiger charge is -2.38. The van der Waals surface area contributed by atoms with Gasteiger partial charge >= 0.3 is 0 Å². The number of nitrogens with two attached hydrogens (primary N) is 1. The Balaban J connectivity index is 2.53. The predicted octanol–water partition coefficient (Wildman–Crippen LogP) is 1.49. The first-order chi connectivity index (χ1) is 8.35. The van der Waals surface area contributed by atoms with Gasteiger partial charge in [-0.05, 0) is 40.2 Å². The summed E-state index contributed by atoms with van der Waals surface area (Å²) in [4.78, 5) is 14.2. The van der Waals surface area contributed by atoms with Gasteiger partial charge in [0, 0.05) is 17.6 Å². The van der Waals surface area contributed by atoms with Crippen LogP contribution in [-0.2, 0) is 4.79 Å². The van der Waals surface area contributed by atoms with Gasteiger partial charge in [-0.1, -0.05) is 19.8 Å². The highest BCUT2D eigenvalue weighted by molar-refractivity contribution is 5.78. The number of carbonyl (C=O) groups excluding carboxylic acids is 1. The zero-order chi connectivity index (χ0) is 13.8. The zero-order valence-corrected chi connectivity index (χ0v) is 12.4. The summed E-state index contributed by atoms with van der Waals surface area (Å²) >= 11 is 0. The summed E-state index contributed by atoms with van der Waals surface area (Å²) in [7, 11) is 2.02. The third-order valence-electron chi connectivity index (χ3n) is 4.47. The molecule has 18 heavy (non-hydrogen) atoms. The monoisotopic (exact) mass is 255 g/mol. The summed E-state index contributed by atoms with van der Waals surface area (Å²) in [5.41, 5.74) is 5.85. The van der Waals surface area contributed by atoms with Crippen molar-refractivity contribution in [2.24, 2.45) is 5.73 Å². The van der Waals surface area contributed by atoms with Crippen molar-refractivity contribution in [1.29, 1.82) is 0 Å². The third-order valence-corrected chi connectivity index (χ3v) is 4.47. The van der Waals surface area contributed by atoms with E-state index in [0.717, 1.165) is 19.3 Å². The number of carbonyl (C=O) groups is 1. The van der Waals surface area contributed by atoms with Crippen LogP contribution in [0.2, 0.25) is 0 Å². The van der Waals surface area contributed by atoms with Crippen LogP contribution in [0.5, 0.6) is 0 Å². The maximum Gasteiger partial charge on any atom is 0.234 e. The first-order valence-corrected chi connectivity index (χ1v) is 7.07. The molecule has 1 aliphatic carbocycles. The molecule has 0 radical (unpaired) electrons. The van der Waals surface area contributed by atoms with E-state index in [9.17, 15) is 4.79 Å². The van der Waals surface area contributed by atoms with E-state index in [-0.39, 0.29) is 17.0 Å². The first-order valence-electron chi connectivity index (χ1n) is 7.07. The summed E-state index contributed by atoms with van der Waals surface area (Å²) in [6.45, 7) is 7.29. The standard InChI is InChI=1S/C14H29N3O/c1-5-13(2,3)16-12(18)10-17(4)14(11-15)8-6-7-9-14/h5-11,15H2,1-4H3,(H,16,18). The number of likely N-dealkylation sites (N-methyl/N-ethyl adjacent to an activating group) is 1. The molecular weight excluding hydrogens is 226 g/mol. The van der Waals surface area contributed by atoms with Crippen molar-refractivity contribution in [2.45, 2.75) is 64.0 Å². The van der Waals surface area contributed by atoms with Gasteiger partial charge in [0.05, 0.1) is 6.54 Å². The highest BCUT2D eigenvalue weighted by atomic mass is 16.2. The molecular formula is C14H29N3O. The van der Waals surface area contributed by atoms with Gasteiger partial charge in [0.25, 0.3) is 0 Å². The summed E-state index contributed by atoms with van der Waals surface area (Å²) in [6.07, 6.45) is 5.62. The van der Waals surface area contributed by atoms with Crippen molar-refractivity contribution in [3.8, 4) is 0 Å². The van der Waals surface area contributed by atoms with Crippen molar-refractivity contribution in [2.75, 3.05) is 20.1 Å². The largest absolute Gasteiger partial charge is 0.350 e. The number of hydrogen-bond donors (Lipinski definition) is 2. The fraction of sp³-hybridized carbons (Fsp3) is 0.929. The second kappa shape index (κ2) is 6.02. The number of nitrogens with one attached hydrogen (secondary N) is 1. The molecule has 0 aromatic carbocycles. The molecule has 106 valence electrons. The Hall–Kier alpha value is -0.610. The van der Waals surface area contributed by atoms with Crippen LogP contribution >= 0.6 is 0 Å². The lowest BCUT2D eigenvalue weighted by molar-refractivity contribution is -0.124. The predicted molar refractivity (Wildman–Crippen MR) is 75.4 cm³/mol. The molecule has 4 heteroatoms. The summed E-state index contributed by atoms with van der Waals surface area (Å²) in [6, 6.07) is 0. The van der Waals surface area contributed by atoms with Crippen LogP contribution in [0.3, 0.4) is 0 Å². The molecule has 3 N–H and O–H groups in total. The molecule has 1 amide bonds. The minimum absolute atomic E-state index is 0.0493. The highest BCUT2D eigenvalue weighted by Gasteiger charge is 2.37. The van der Waals surface area contributed by atoms with Crippen LogP contribution in [-0.4, -0.2) is 42.0 Å². The molecule has 1 saturated carbocycles. The maximum atomic E-state index is 12.0. The van der Waals surface area contributed by atoms with E-state index >= 15 is 0 Å². The number of rotatable bonds is 6. The van der Waals surface area contributed by atoms with Crippen LogP contribution in [0.15, 0.2) is 0 Å². The van der Waals surface area contributed by atoms with Gasteiger partial charge in [-0.25, -0.2) is 0 Å². The topological polar surface area (TPSA) is 58.4 Å². The van der Waals surface area contributed by atoms with E-state index in [1.807, 2.05) is 7.05 Å². The fourth-order valence-electron chi connectivity index (χ4n) is 2.66. The normalized spacial score (nSPS) is 19.2. The lowest BCUT2D eigenvalue weighted by Crippen LogP contribution is -2.55. The average molecular weight is 255 g/mol. The van der Waals surface area contributed by atoms with Crippen molar-refractivity contribution >= 4 is 5.91 Å². The van der Waals surface area contributed by atoms with Crippen LogP contribution in [0.4, 0.5) is 0 Å². The lowest BCUT2D eigenvalue weighted by atomic mass is 9.95. The van der Waals surface area contributed by atoms with Gasteiger partial charge in [-0.3, -0.25) is 9.69 Å². The second-order valence-electron chi connectivity index (χ2n) is 6.28. The Morgan fingerprint density at radius 3 is 2.39 bits per heavy atom. The molecule has 0 aromatic rings. The number of amides is 1. The number of hydrogen-bond acceptors (Lipinski definition) is 3. The average Bonchev–Trinajstić information content (AvgIpc) is 2.77. The van der Waals surface area contributed by atoms with Crippen molar-refractivity contribution in [3.63, 3.8) is 0 Å². The summed E-state index contributed by atoms with van der Waals surface area (Å²) in [5.74, 6) is 0.101. The van der Waals surface area contributed by atoms with Gasteiger partial charge in [0.2, 0.25) is 5.91 Å². The Morgan fingerprint density at radius 2 is 1.94 bits per heavy atom. The van der Waals surface area contributed by atoms with Crippen LogP contribution in [0, 0.1) is 0 Å². The second-order valence-corrected chi connectivity index (χ2v) is 6.28. The quantitative estimate of drug-likeness (QED) is 0.756. The van der Waals surface area contributed by atoms with E-state index < -0.39 is 0 Å². The Bertz CT molecular complexity index is 283. The molecule has 0 atom stereocenters. The van der Waals surface area contributed by atoms with E-state index in [4.69, 9.17) is 5.73 Å². The third kappa shape index (κ3) is 3.69. The van der Waals surface area contributed by atoms with Gasteiger partial charge in [0.1, 0.15) is 0 Å². The van der Waals surface area contributed by atoms with E-state index in [1.165, 1.54) is 12.8 Å². The number of nitrogens with zero attached hydrogens (tertiary/aromatic N) is 1. The van der Waals surface area contributed by atoms with Gasteiger partial charge in [-0.15, -0.1) is 0 Å². The molecule has 1 fully saturated rings. The molecule has 4 nitrogen and oxygen atoms in total. The van der Waals surface area contributed by atoms with Crippen LogP contribution in [0.1, 0.15) is 52.9 Å². The van der Waals surface area contributed by atoms with Gasteiger partial charge < -0.3 is 11.1 Å². The van der Waals surface area contributed by atoms with Gasteiger partial charge in [-0.2, -0.15) is 0 Å². The van der Waals surface area contributed by atoms with Crippen LogP contribution in [0.25, 0.3) is 0 Å². The molecule has 0 unspecified atom stereocenters. The zero-order valence-electron chi connectivity index (χ0n) is 12.4. The van der Waals surface area contributed by atoms with Crippen molar-refractivity contribution < 1.29 is 4.79 Å². The Kier molecular flexibility index (Phi) is 5.17. The Labute approximate surface area is 111 Å². The Morgan fingerprint density at radius 1 is 1.39 bits per heavy atom. The van der Waals surface area contributed by atoms with E-state index in [1.54, 1.807) is 0 Å². The first kappa shape index (κ1) is 15.4. The molecule has 1 rings (SSSR count). The van der Waals surface area contributed by atoms with Gasteiger partial charge in [0.15, 0.2) is 0 Å². The highest BCUT2D eigenvalue weighted by Crippen LogP contribution is 2.33. The smallest absolute Gasteiger partial charge is 0.234 e. The minimum atomic E-state index is -0.122. The van der Waals surface area contributed by atoms with E-state index in [2.05, 4.69) is 31.0 Å². The molecule has 0 aliphatic heterocycles. The van der Waals surface area contributed by atoms with Crippen molar-refractivity contribution in [3.05, 3.63) is 0 Å². The minimum Gasteiger partial charge on any atom is -0.350 e.